The van der Waals surface area contributed by atoms with E-state index < -0.39 is 17.7 Å². The molecule has 0 aromatic heterocycles. The number of hydrogen-bond donors (Lipinski definition) is 1. The fourth-order valence-electron chi connectivity index (χ4n) is 2.93. The number of carbonyl (C=O) groups is 3. The van der Waals surface area contributed by atoms with Gasteiger partial charge in [0.05, 0.1) is 12.2 Å². The predicted molar refractivity (Wildman–Crippen MR) is 118 cm³/mol. The fourth-order valence-corrected chi connectivity index (χ4v) is 2.93. The van der Waals surface area contributed by atoms with Crippen LogP contribution in [-0.4, -0.2) is 42.3 Å². The molecule has 1 N–H and O–H groups in total. The first-order chi connectivity index (χ1) is 14.4. The van der Waals surface area contributed by atoms with Crippen LogP contribution in [-0.2, 0) is 14.3 Å². The number of amides is 1. The Labute approximate surface area is 177 Å². The zero-order valence-corrected chi connectivity index (χ0v) is 17.9. The number of carbonyl (C=O) groups excluding carboxylic acids is 3. The smallest absolute Gasteiger partial charge is 0.338 e. The molecule has 0 bridgehead atoms. The molecule has 0 aliphatic rings. The van der Waals surface area contributed by atoms with Gasteiger partial charge in [0.25, 0.3) is 5.91 Å². The second-order valence-corrected chi connectivity index (χ2v) is 6.68. The molecule has 0 spiro atoms. The minimum absolute atomic E-state index is 0.286. The number of nitrogens with zero attached hydrogens (tertiary/aromatic N) is 1. The summed E-state index contributed by atoms with van der Waals surface area (Å²) in [6.07, 6.45) is 1.37. The molecule has 0 unspecified atom stereocenters. The third-order valence-corrected chi connectivity index (χ3v) is 4.60. The average molecular weight is 408 g/mol. The van der Waals surface area contributed by atoms with E-state index >= 15 is 0 Å². The van der Waals surface area contributed by atoms with Crippen LogP contribution in [0.1, 0.15) is 42.3 Å². The van der Waals surface area contributed by atoms with Gasteiger partial charge in [-0.3, -0.25) is 9.59 Å². The van der Waals surface area contributed by atoms with Crippen LogP contribution in [0.3, 0.4) is 0 Å². The van der Waals surface area contributed by atoms with E-state index in [0.29, 0.717) is 30.0 Å². The van der Waals surface area contributed by atoms with Gasteiger partial charge in [-0.25, -0.2) is 4.79 Å². The summed E-state index contributed by atoms with van der Waals surface area (Å²) in [5.74, 6) is -1.82. The van der Waals surface area contributed by atoms with E-state index in [2.05, 4.69) is 5.32 Å². The molecule has 30 heavy (non-hydrogen) atoms. The summed E-state index contributed by atoms with van der Waals surface area (Å²) >= 11 is 0. The van der Waals surface area contributed by atoms with Crippen LogP contribution >= 0.6 is 0 Å². The zero-order chi connectivity index (χ0) is 22.1. The molecule has 158 valence electrons. The lowest BCUT2D eigenvalue weighted by Crippen LogP contribution is -2.25. The van der Waals surface area contributed by atoms with E-state index in [1.807, 2.05) is 49.9 Å². The summed E-state index contributed by atoms with van der Waals surface area (Å²) in [7, 11) is 0. The Balaban J connectivity index is 2.19. The van der Waals surface area contributed by atoms with Gasteiger partial charge in [-0.2, -0.15) is 0 Å². The Kier molecular flexibility index (Phi) is 8.35. The lowest BCUT2D eigenvalue weighted by molar-refractivity contribution is -0.131. The van der Waals surface area contributed by atoms with Gasteiger partial charge in [0.1, 0.15) is 0 Å². The fraction of sp³-hybridized carbons (Fsp3) is 0.292. The molecular formula is C24H28N2O4. The number of hydrogen-bond acceptors (Lipinski definition) is 5. The molecule has 6 nitrogen and oxygen atoms in total. The normalized spacial score (nSPS) is 11.0. The highest BCUT2D eigenvalue weighted by Crippen LogP contribution is 2.20. The maximum atomic E-state index is 12.6. The minimum atomic E-state index is -0.740. The van der Waals surface area contributed by atoms with Crippen molar-refractivity contribution in [2.24, 2.45) is 0 Å². The first-order valence-corrected chi connectivity index (χ1v) is 10.1. The number of ether oxygens (including phenoxy) is 1. The lowest BCUT2D eigenvalue weighted by Gasteiger charge is -2.24. The van der Waals surface area contributed by atoms with Crippen LogP contribution in [0.15, 0.2) is 54.6 Å². The number of nitrogens with one attached hydrogen (secondary N) is 1. The summed E-state index contributed by atoms with van der Waals surface area (Å²) in [6, 6.07) is 14.0. The van der Waals surface area contributed by atoms with E-state index in [1.165, 1.54) is 6.08 Å². The van der Waals surface area contributed by atoms with Crippen molar-refractivity contribution in [2.75, 3.05) is 25.0 Å². The van der Waals surface area contributed by atoms with Gasteiger partial charge < -0.3 is 15.0 Å². The Morgan fingerprint density at radius 1 is 0.900 bits per heavy atom. The van der Waals surface area contributed by atoms with E-state index in [9.17, 15) is 14.4 Å². The van der Waals surface area contributed by atoms with Gasteiger partial charge in [0.2, 0.25) is 5.78 Å². The van der Waals surface area contributed by atoms with E-state index in [-0.39, 0.29) is 6.61 Å². The van der Waals surface area contributed by atoms with Gasteiger partial charge in [-0.1, -0.05) is 29.8 Å². The Bertz CT molecular complexity index is 911. The highest BCUT2D eigenvalue weighted by atomic mass is 16.5. The average Bonchev–Trinajstić information content (AvgIpc) is 2.75. The second kappa shape index (κ2) is 11.0. The topological polar surface area (TPSA) is 75.7 Å². The van der Waals surface area contributed by atoms with Crippen molar-refractivity contribution in [1.82, 2.24) is 4.90 Å². The summed E-state index contributed by atoms with van der Waals surface area (Å²) in [4.78, 5) is 38.8. The number of benzene rings is 2. The van der Waals surface area contributed by atoms with Gasteiger partial charge in [0.15, 0.2) is 0 Å². The Morgan fingerprint density at radius 2 is 1.47 bits per heavy atom. The molecule has 2 aromatic rings. The van der Waals surface area contributed by atoms with Gasteiger partial charge in [-0.15, -0.1) is 0 Å². The number of ketones is 1. The van der Waals surface area contributed by atoms with Crippen LogP contribution in [0.5, 0.6) is 0 Å². The zero-order valence-electron chi connectivity index (χ0n) is 17.9. The Hall–Kier alpha value is -3.41. The van der Waals surface area contributed by atoms with Crippen LogP contribution in [0.2, 0.25) is 0 Å². The second-order valence-electron chi connectivity index (χ2n) is 6.68. The van der Waals surface area contributed by atoms with Crippen LogP contribution in [0.25, 0.3) is 5.70 Å². The van der Waals surface area contributed by atoms with Gasteiger partial charge in [0, 0.05) is 30.5 Å². The monoisotopic (exact) mass is 408 g/mol. The molecule has 2 aromatic carbocycles. The molecular weight excluding hydrogens is 380 g/mol. The van der Waals surface area contributed by atoms with E-state index in [0.717, 1.165) is 11.1 Å². The van der Waals surface area contributed by atoms with Crippen LogP contribution < -0.4 is 5.32 Å². The van der Waals surface area contributed by atoms with Crippen molar-refractivity contribution in [3.8, 4) is 0 Å². The third-order valence-electron chi connectivity index (χ3n) is 4.60. The summed E-state index contributed by atoms with van der Waals surface area (Å²) in [5, 5.41) is 2.58. The summed E-state index contributed by atoms with van der Waals surface area (Å²) in [6.45, 7) is 9.43. The highest BCUT2D eigenvalue weighted by molar-refractivity contribution is 6.45. The largest absolute Gasteiger partial charge is 0.462 e. The molecule has 0 atom stereocenters. The van der Waals surface area contributed by atoms with Crippen molar-refractivity contribution in [3.05, 3.63) is 71.3 Å². The van der Waals surface area contributed by atoms with E-state index in [1.54, 1.807) is 31.2 Å². The molecule has 0 aliphatic carbocycles. The SMILES string of the molecule is CCOC(=O)c1ccc(NC(=O)C(=O)C=C(c2ccc(C)cc2)N(CC)CC)cc1. The van der Waals surface area contributed by atoms with Crippen molar-refractivity contribution >= 4 is 29.0 Å². The minimum Gasteiger partial charge on any atom is -0.462 e. The third kappa shape index (κ3) is 6.04. The number of aryl methyl sites for hydroxylation is 1. The molecule has 0 saturated heterocycles. The predicted octanol–water partition coefficient (Wildman–Crippen LogP) is 4.06. The lowest BCUT2D eigenvalue weighted by atomic mass is 10.1. The van der Waals surface area contributed by atoms with Gasteiger partial charge >= 0.3 is 5.97 Å². The maximum absolute atomic E-state index is 12.6. The molecule has 6 heteroatoms. The molecule has 0 fully saturated rings. The Morgan fingerprint density at radius 3 is 2.00 bits per heavy atom. The standard InChI is InChI=1S/C24H28N2O4/c1-5-26(6-2)21(18-10-8-17(4)9-11-18)16-22(27)23(28)25-20-14-12-19(13-15-20)24(29)30-7-3/h8-16H,5-7H2,1-4H3,(H,25,28). The molecule has 0 saturated carbocycles. The molecule has 0 aliphatic heterocycles. The molecule has 0 heterocycles. The first-order valence-electron chi connectivity index (χ1n) is 10.1. The highest BCUT2D eigenvalue weighted by Gasteiger charge is 2.17. The summed E-state index contributed by atoms with van der Waals surface area (Å²) < 4.78 is 4.93. The van der Waals surface area contributed by atoms with Crippen molar-refractivity contribution in [3.63, 3.8) is 0 Å². The maximum Gasteiger partial charge on any atom is 0.338 e. The van der Waals surface area contributed by atoms with Crippen molar-refractivity contribution in [2.45, 2.75) is 27.7 Å². The molecule has 1 amide bonds. The number of anilines is 1. The number of esters is 1. The summed E-state index contributed by atoms with van der Waals surface area (Å²) in [5.41, 5.74) is 3.51. The molecule has 0 radical (unpaired) electrons. The van der Waals surface area contributed by atoms with E-state index in [4.69, 9.17) is 4.74 Å². The van der Waals surface area contributed by atoms with Crippen molar-refractivity contribution < 1.29 is 19.1 Å². The van der Waals surface area contributed by atoms with Crippen molar-refractivity contribution in [1.29, 1.82) is 0 Å². The van der Waals surface area contributed by atoms with Crippen LogP contribution in [0, 0.1) is 6.92 Å². The number of rotatable bonds is 9. The first kappa shape index (κ1) is 22.9. The molecule has 2 rings (SSSR count). The van der Waals surface area contributed by atoms with Gasteiger partial charge in [-0.05, 0) is 57.5 Å². The van der Waals surface area contributed by atoms with Crippen LogP contribution in [0.4, 0.5) is 5.69 Å². The quantitative estimate of drug-likeness (QED) is 0.385.